The number of rotatable bonds is 5. The van der Waals surface area contributed by atoms with E-state index in [1.165, 1.54) is 0 Å². The van der Waals surface area contributed by atoms with Crippen LogP contribution in [-0.4, -0.2) is 41.3 Å². The van der Waals surface area contributed by atoms with Gasteiger partial charge in [0, 0.05) is 12.8 Å². The minimum atomic E-state index is -3.55. The predicted molar refractivity (Wildman–Crippen MR) is 75.9 cm³/mol. The summed E-state index contributed by atoms with van der Waals surface area (Å²) in [4.78, 5) is 23.2. The summed E-state index contributed by atoms with van der Waals surface area (Å²) in [5, 5.41) is 6.57. The molecule has 0 unspecified atom stereocenters. The van der Waals surface area contributed by atoms with E-state index in [9.17, 15) is 18.0 Å². The highest BCUT2D eigenvalue weighted by atomic mass is 32.2. The molecule has 2 aliphatic carbocycles. The SMILES string of the molecule is NC(=O)C1(OC(=O)c2nnc(S(=O)(=O)C3CCCC3)s2)CC1. The number of ether oxygens (including phenoxy) is 1. The van der Waals surface area contributed by atoms with E-state index in [-0.39, 0.29) is 9.35 Å². The number of sulfone groups is 1. The predicted octanol–water partition coefficient (Wildman–Crippen LogP) is 0.429. The first-order valence-corrected chi connectivity index (χ1v) is 9.32. The quantitative estimate of drug-likeness (QED) is 0.766. The Balaban J connectivity index is 1.76. The number of esters is 1. The number of aromatic nitrogens is 2. The van der Waals surface area contributed by atoms with E-state index in [2.05, 4.69) is 10.2 Å². The highest BCUT2D eigenvalue weighted by Crippen LogP contribution is 2.40. The highest BCUT2D eigenvalue weighted by molar-refractivity contribution is 7.93. The first-order chi connectivity index (χ1) is 10.3. The highest BCUT2D eigenvalue weighted by Gasteiger charge is 2.53. The minimum absolute atomic E-state index is 0.171. The van der Waals surface area contributed by atoms with Gasteiger partial charge in [0.05, 0.1) is 5.25 Å². The molecule has 1 heterocycles. The van der Waals surface area contributed by atoms with Gasteiger partial charge in [-0.15, -0.1) is 10.2 Å². The van der Waals surface area contributed by atoms with E-state index >= 15 is 0 Å². The fourth-order valence-corrected chi connectivity index (χ4v) is 5.44. The molecule has 10 heteroatoms. The number of carbonyl (C=O) groups excluding carboxylic acids is 2. The number of nitrogens with zero attached hydrogens (tertiary/aromatic N) is 2. The third kappa shape index (κ3) is 2.60. The van der Waals surface area contributed by atoms with Crippen LogP contribution in [0.25, 0.3) is 0 Å². The average Bonchev–Trinajstić information content (AvgIpc) is 2.95. The van der Waals surface area contributed by atoms with E-state index in [1.807, 2.05) is 0 Å². The summed E-state index contributed by atoms with van der Waals surface area (Å²) in [5.74, 6) is -1.56. The van der Waals surface area contributed by atoms with Gasteiger partial charge in [-0.25, -0.2) is 13.2 Å². The summed E-state index contributed by atoms with van der Waals surface area (Å²) in [7, 11) is -3.55. The van der Waals surface area contributed by atoms with Gasteiger partial charge in [0.2, 0.25) is 19.2 Å². The lowest BCUT2D eigenvalue weighted by atomic mass is 10.3. The normalized spacial score (nSPS) is 20.7. The number of hydrogen-bond donors (Lipinski definition) is 1. The Bertz CT molecular complexity index is 717. The van der Waals surface area contributed by atoms with Crippen LogP contribution in [0, 0.1) is 0 Å². The van der Waals surface area contributed by atoms with Crippen molar-refractivity contribution in [1.29, 1.82) is 0 Å². The van der Waals surface area contributed by atoms with Crippen molar-refractivity contribution < 1.29 is 22.7 Å². The van der Waals surface area contributed by atoms with Crippen molar-refractivity contribution in [2.75, 3.05) is 0 Å². The maximum absolute atomic E-state index is 12.4. The molecule has 2 saturated carbocycles. The molecule has 2 aliphatic rings. The molecule has 0 aliphatic heterocycles. The van der Waals surface area contributed by atoms with E-state index in [0.29, 0.717) is 37.0 Å². The zero-order valence-electron chi connectivity index (χ0n) is 11.6. The van der Waals surface area contributed by atoms with E-state index in [1.54, 1.807) is 0 Å². The summed E-state index contributed by atoms with van der Waals surface area (Å²) < 4.78 is 29.6. The van der Waals surface area contributed by atoms with Crippen LogP contribution >= 0.6 is 11.3 Å². The van der Waals surface area contributed by atoms with Crippen molar-refractivity contribution >= 4 is 33.1 Å². The summed E-state index contributed by atoms with van der Waals surface area (Å²) >= 11 is 0.678. The van der Waals surface area contributed by atoms with Crippen LogP contribution in [0.15, 0.2) is 4.34 Å². The second-order valence-corrected chi connectivity index (χ2v) is 8.95. The van der Waals surface area contributed by atoms with Crippen molar-refractivity contribution in [2.24, 2.45) is 5.73 Å². The zero-order chi connectivity index (χ0) is 16.0. The fraction of sp³-hybridized carbons (Fsp3) is 0.667. The van der Waals surface area contributed by atoms with Gasteiger partial charge in [0.25, 0.3) is 5.91 Å². The van der Waals surface area contributed by atoms with Gasteiger partial charge in [-0.1, -0.05) is 24.2 Å². The number of primary amides is 1. The lowest BCUT2D eigenvalue weighted by Crippen LogP contribution is -2.35. The number of amides is 1. The summed E-state index contributed by atoms with van der Waals surface area (Å²) in [6.45, 7) is 0. The first-order valence-electron chi connectivity index (χ1n) is 6.96. The molecule has 0 bridgehead atoms. The van der Waals surface area contributed by atoms with Gasteiger partial charge in [0.15, 0.2) is 5.60 Å². The number of nitrogens with two attached hydrogens (primary N) is 1. The molecule has 0 saturated heterocycles. The van der Waals surface area contributed by atoms with Gasteiger partial charge >= 0.3 is 5.97 Å². The lowest BCUT2D eigenvalue weighted by Gasteiger charge is -2.10. The van der Waals surface area contributed by atoms with Crippen molar-refractivity contribution in [3.8, 4) is 0 Å². The molecule has 22 heavy (non-hydrogen) atoms. The van der Waals surface area contributed by atoms with Crippen molar-refractivity contribution in [3.63, 3.8) is 0 Å². The fourth-order valence-electron chi connectivity index (χ4n) is 2.48. The molecule has 1 aromatic heterocycles. The van der Waals surface area contributed by atoms with Crippen LogP contribution in [0.2, 0.25) is 0 Å². The monoisotopic (exact) mass is 345 g/mol. The van der Waals surface area contributed by atoms with Crippen LogP contribution in [0.3, 0.4) is 0 Å². The maximum Gasteiger partial charge on any atom is 0.370 e. The van der Waals surface area contributed by atoms with Crippen molar-refractivity contribution in [2.45, 2.75) is 53.7 Å². The standard InChI is InChI=1S/C12H15N3O5S2/c13-10(17)12(5-6-12)20-9(16)8-14-15-11(21-8)22(18,19)7-3-1-2-4-7/h7H,1-6H2,(H2,13,17). The zero-order valence-corrected chi connectivity index (χ0v) is 13.3. The number of hydrogen-bond acceptors (Lipinski definition) is 8. The molecule has 2 fully saturated rings. The molecular weight excluding hydrogens is 330 g/mol. The Kier molecular flexibility index (Phi) is 3.68. The van der Waals surface area contributed by atoms with E-state index in [4.69, 9.17) is 10.5 Å². The van der Waals surface area contributed by atoms with Gasteiger partial charge < -0.3 is 10.5 Å². The first kappa shape index (κ1) is 15.3. The molecule has 2 N–H and O–H groups in total. The third-order valence-electron chi connectivity index (χ3n) is 4.01. The van der Waals surface area contributed by atoms with E-state index in [0.717, 1.165) is 12.8 Å². The third-order valence-corrected chi connectivity index (χ3v) is 7.57. The molecule has 120 valence electrons. The molecule has 0 spiro atoms. The van der Waals surface area contributed by atoms with Crippen molar-refractivity contribution in [1.82, 2.24) is 10.2 Å². The second-order valence-electron chi connectivity index (χ2n) is 5.57. The molecule has 0 aromatic carbocycles. The largest absolute Gasteiger partial charge is 0.444 e. The van der Waals surface area contributed by atoms with Crippen molar-refractivity contribution in [3.05, 3.63) is 5.01 Å². The summed E-state index contributed by atoms with van der Waals surface area (Å²) in [6, 6.07) is 0. The molecule has 1 amide bonds. The molecule has 0 radical (unpaired) electrons. The minimum Gasteiger partial charge on any atom is -0.444 e. The van der Waals surface area contributed by atoms with Gasteiger partial charge in [-0.2, -0.15) is 0 Å². The average molecular weight is 345 g/mol. The molecule has 1 aromatic rings. The molecule has 8 nitrogen and oxygen atoms in total. The van der Waals surface area contributed by atoms with Crippen LogP contribution in [0.5, 0.6) is 0 Å². The van der Waals surface area contributed by atoms with Gasteiger partial charge in [0.1, 0.15) is 0 Å². The van der Waals surface area contributed by atoms with Gasteiger partial charge in [-0.05, 0) is 12.8 Å². The van der Waals surface area contributed by atoms with E-state index < -0.39 is 32.6 Å². The smallest absolute Gasteiger partial charge is 0.370 e. The van der Waals surface area contributed by atoms with Crippen LogP contribution in [0.1, 0.15) is 48.3 Å². The van der Waals surface area contributed by atoms with Crippen LogP contribution < -0.4 is 5.73 Å². The Hall–Kier alpha value is -1.55. The molecular formula is C12H15N3O5S2. The van der Waals surface area contributed by atoms with Crippen LogP contribution in [0.4, 0.5) is 0 Å². The molecule has 0 atom stereocenters. The van der Waals surface area contributed by atoms with Gasteiger partial charge in [-0.3, -0.25) is 4.79 Å². The Morgan fingerprint density at radius 1 is 1.23 bits per heavy atom. The molecule has 3 rings (SSSR count). The maximum atomic E-state index is 12.4. The van der Waals surface area contributed by atoms with Crippen LogP contribution in [-0.2, 0) is 19.4 Å². The lowest BCUT2D eigenvalue weighted by molar-refractivity contribution is -0.128. The Morgan fingerprint density at radius 3 is 2.41 bits per heavy atom. The topological polar surface area (TPSA) is 129 Å². The Morgan fingerprint density at radius 2 is 1.86 bits per heavy atom. The second kappa shape index (κ2) is 5.27. The Labute approximate surface area is 131 Å². The summed E-state index contributed by atoms with van der Waals surface area (Å²) in [5.41, 5.74) is 3.91. The summed E-state index contributed by atoms with van der Waals surface area (Å²) in [6.07, 6.45) is 3.70. The number of carbonyl (C=O) groups is 2.